The van der Waals surface area contributed by atoms with Gasteiger partial charge in [0.05, 0.1) is 12.7 Å². The SMILES string of the molecule is Cc1cnn(CC=O)c1Cl. The molecule has 0 bridgehead atoms. The van der Waals surface area contributed by atoms with Crippen molar-refractivity contribution in [1.82, 2.24) is 9.78 Å². The highest BCUT2D eigenvalue weighted by Crippen LogP contribution is 2.12. The third-order valence-electron chi connectivity index (χ3n) is 1.19. The van der Waals surface area contributed by atoms with E-state index in [1.54, 1.807) is 6.20 Å². The highest BCUT2D eigenvalue weighted by Gasteiger charge is 2.01. The van der Waals surface area contributed by atoms with Gasteiger partial charge >= 0.3 is 0 Å². The Hall–Kier alpha value is -0.830. The summed E-state index contributed by atoms with van der Waals surface area (Å²) in [5, 5.41) is 4.39. The molecule has 0 unspecified atom stereocenters. The van der Waals surface area contributed by atoms with Crippen LogP contribution >= 0.6 is 11.6 Å². The Morgan fingerprint density at radius 3 is 3.00 bits per heavy atom. The molecule has 0 spiro atoms. The summed E-state index contributed by atoms with van der Waals surface area (Å²) in [6.45, 7) is 2.07. The molecule has 0 saturated heterocycles. The van der Waals surface area contributed by atoms with Crippen LogP contribution in [0.3, 0.4) is 0 Å². The van der Waals surface area contributed by atoms with Crippen LogP contribution in [0.15, 0.2) is 6.20 Å². The number of halogens is 1. The summed E-state index contributed by atoms with van der Waals surface area (Å²) in [5.41, 5.74) is 0.892. The van der Waals surface area contributed by atoms with Crippen molar-refractivity contribution < 1.29 is 4.79 Å². The zero-order chi connectivity index (χ0) is 7.56. The van der Waals surface area contributed by atoms with Crippen LogP contribution in [-0.2, 0) is 11.3 Å². The maximum Gasteiger partial charge on any atom is 0.141 e. The minimum absolute atomic E-state index is 0.229. The fourth-order valence-electron chi connectivity index (χ4n) is 0.662. The van der Waals surface area contributed by atoms with E-state index in [1.165, 1.54) is 4.68 Å². The Balaban J connectivity index is 2.93. The van der Waals surface area contributed by atoms with Gasteiger partial charge in [0, 0.05) is 5.56 Å². The molecule has 0 aromatic carbocycles. The fourth-order valence-corrected chi connectivity index (χ4v) is 0.823. The van der Waals surface area contributed by atoms with Crippen LogP contribution in [0.25, 0.3) is 0 Å². The first-order chi connectivity index (χ1) is 4.75. The Labute approximate surface area is 63.6 Å². The maximum absolute atomic E-state index is 10.0. The summed E-state index contributed by atoms with van der Waals surface area (Å²) in [6.07, 6.45) is 2.39. The average molecular weight is 159 g/mol. The minimum atomic E-state index is 0.229. The summed E-state index contributed by atoms with van der Waals surface area (Å²) < 4.78 is 1.45. The van der Waals surface area contributed by atoms with Gasteiger partial charge in [0.2, 0.25) is 0 Å². The van der Waals surface area contributed by atoms with Crippen LogP contribution in [0.4, 0.5) is 0 Å². The summed E-state index contributed by atoms with van der Waals surface area (Å²) in [6, 6.07) is 0. The maximum atomic E-state index is 10.0. The van der Waals surface area contributed by atoms with Gasteiger partial charge in [-0.3, -0.25) is 0 Å². The molecule has 0 atom stereocenters. The summed E-state index contributed by atoms with van der Waals surface area (Å²) in [5.74, 6) is 0. The lowest BCUT2D eigenvalue weighted by Crippen LogP contribution is -2.00. The van der Waals surface area contributed by atoms with E-state index in [4.69, 9.17) is 11.6 Å². The van der Waals surface area contributed by atoms with E-state index in [1.807, 2.05) is 6.92 Å². The molecule has 4 heteroatoms. The van der Waals surface area contributed by atoms with Crippen molar-refractivity contribution in [2.45, 2.75) is 13.5 Å². The number of aryl methyl sites for hydroxylation is 1. The Morgan fingerprint density at radius 1 is 1.90 bits per heavy atom. The van der Waals surface area contributed by atoms with Crippen molar-refractivity contribution in [2.24, 2.45) is 0 Å². The first-order valence-corrected chi connectivity index (χ1v) is 3.25. The van der Waals surface area contributed by atoms with Crippen molar-refractivity contribution in [2.75, 3.05) is 0 Å². The molecule has 10 heavy (non-hydrogen) atoms. The lowest BCUT2D eigenvalue weighted by molar-refractivity contribution is -0.108. The molecule has 0 N–H and O–H groups in total. The zero-order valence-electron chi connectivity index (χ0n) is 5.54. The standard InChI is InChI=1S/C6H7ClN2O/c1-5-4-8-9(2-3-10)6(5)7/h3-4H,2H2,1H3. The van der Waals surface area contributed by atoms with Crippen LogP contribution in [0.1, 0.15) is 5.56 Å². The lowest BCUT2D eigenvalue weighted by Gasteiger charge is -1.93. The molecule has 0 aliphatic rings. The van der Waals surface area contributed by atoms with E-state index in [0.29, 0.717) is 5.15 Å². The van der Waals surface area contributed by atoms with Gasteiger partial charge in [0.25, 0.3) is 0 Å². The number of nitrogens with zero attached hydrogens (tertiary/aromatic N) is 2. The highest BCUT2D eigenvalue weighted by atomic mass is 35.5. The van der Waals surface area contributed by atoms with Crippen molar-refractivity contribution in [3.05, 3.63) is 16.9 Å². The molecule has 0 aliphatic carbocycles. The predicted molar refractivity (Wildman–Crippen MR) is 38.0 cm³/mol. The third-order valence-corrected chi connectivity index (χ3v) is 1.68. The number of carbonyl (C=O) groups is 1. The second-order valence-electron chi connectivity index (χ2n) is 1.97. The highest BCUT2D eigenvalue weighted by molar-refractivity contribution is 6.30. The lowest BCUT2D eigenvalue weighted by atomic mass is 10.4. The monoisotopic (exact) mass is 158 g/mol. The number of hydrogen-bond acceptors (Lipinski definition) is 2. The molecule has 1 rings (SSSR count). The molecule has 0 radical (unpaired) electrons. The van der Waals surface area contributed by atoms with Gasteiger partial charge in [-0.1, -0.05) is 11.6 Å². The fraction of sp³-hybridized carbons (Fsp3) is 0.333. The van der Waals surface area contributed by atoms with Crippen LogP contribution in [-0.4, -0.2) is 16.1 Å². The first kappa shape index (κ1) is 7.28. The molecule has 0 fully saturated rings. The molecule has 1 aromatic rings. The van der Waals surface area contributed by atoms with Gasteiger partial charge in [0.1, 0.15) is 11.4 Å². The molecule has 0 saturated carbocycles. The van der Waals surface area contributed by atoms with Crippen molar-refractivity contribution in [1.29, 1.82) is 0 Å². The van der Waals surface area contributed by atoms with E-state index >= 15 is 0 Å². The molecule has 0 aliphatic heterocycles. The first-order valence-electron chi connectivity index (χ1n) is 2.87. The topological polar surface area (TPSA) is 34.9 Å². The molecule has 0 amide bonds. The van der Waals surface area contributed by atoms with E-state index in [2.05, 4.69) is 5.10 Å². The minimum Gasteiger partial charge on any atom is -0.301 e. The van der Waals surface area contributed by atoms with Crippen molar-refractivity contribution in [3.63, 3.8) is 0 Å². The average Bonchev–Trinajstić information content (AvgIpc) is 2.20. The molecule has 1 aromatic heterocycles. The number of aldehydes is 1. The van der Waals surface area contributed by atoms with Gasteiger partial charge < -0.3 is 4.79 Å². The second kappa shape index (κ2) is 2.84. The van der Waals surface area contributed by atoms with Crippen LogP contribution in [0, 0.1) is 6.92 Å². The summed E-state index contributed by atoms with van der Waals surface area (Å²) in [4.78, 5) is 10.0. The van der Waals surface area contributed by atoms with E-state index in [9.17, 15) is 4.79 Å². The van der Waals surface area contributed by atoms with Crippen LogP contribution in [0.5, 0.6) is 0 Å². The van der Waals surface area contributed by atoms with Gasteiger partial charge in [-0.25, -0.2) is 4.68 Å². The van der Waals surface area contributed by atoms with Gasteiger partial charge in [0.15, 0.2) is 0 Å². The second-order valence-corrected chi connectivity index (χ2v) is 2.33. The number of aromatic nitrogens is 2. The Morgan fingerprint density at radius 2 is 2.60 bits per heavy atom. The van der Waals surface area contributed by atoms with Crippen molar-refractivity contribution >= 4 is 17.9 Å². The molecular weight excluding hydrogens is 152 g/mol. The predicted octanol–water partition coefficient (Wildman–Crippen LogP) is 1.04. The van der Waals surface area contributed by atoms with E-state index in [0.717, 1.165) is 11.8 Å². The van der Waals surface area contributed by atoms with Crippen LogP contribution < -0.4 is 0 Å². The smallest absolute Gasteiger partial charge is 0.141 e. The van der Waals surface area contributed by atoms with E-state index < -0.39 is 0 Å². The van der Waals surface area contributed by atoms with Gasteiger partial charge in [-0.2, -0.15) is 5.10 Å². The normalized spacial score (nSPS) is 9.80. The molecule has 3 nitrogen and oxygen atoms in total. The molecule has 54 valence electrons. The third kappa shape index (κ3) is 1.19. The molecular formula is C6H7ClN2O. The zero-order valence-corrected chi connectivity index (χ0v) is 6.30. The van der Waals surface area contributed by atoms with Gasteiger partial charge in [-0.05, 0) is 6.92 Å². The molecule has 1 heterocycles. The summed E-state index contributed by atoms with van der Waals surface area (Å²) in [7, 11) is 0. The summed E-state index contributed by atoms with van der Waals surface area (Å²) >= 11 is 5.73. The number of carbonyl (C=O) groups excluding carboxylic acids is 1. The largest absolute Gasteiger partial charge is 0.301 e. The Bertz CT molecular complexity index is 244. The quantitative estimate of drug-likeness (QED) is 0.603. The van der Waals surface area contributed by atoms with Gasteiger partial charge in [-0.15, -0.1) is 0 Å². The number of hydrogen-bond donors (Lipinski definition) is 0. The Kier molecular flexibility index (Phi) is 2.06. The number of rotatable bonds is 2. The van der Waals surface area contributed by atoms with E-state index in [-0.39, 0.29) is 6.54 Å². The van der Waals surface area contributed by atoms with Crippen molar-refractivity contribution in [3.8, 4) is 0 Å². The van der Waals surface area contributed by atoms with Crippen LogP contribution in [0.2, 0.25) is 5.15 Å².